The molecular weight excluding hydrogens is 420 g/mol. The van der Waals surface area contributed by atoms with Crippen LogP contribution >= 0.6 is 11.6 Å². The van der Waals surface area contributed by atoms with E-state index in [4.69, 9.17) is 26.2 Å². The molecule has 0 aromatic heterocycles. The number of benzene rings is 2. The fourth-order valence-electron chi connectivity index (χ4n) is 2.78. The van der Waals surface area contributed by atoms with Crippen LogP contribution < -0.4 is 10.1 Å². The molecule has 3 rings (SSSR count). The van der Waals surface area contributed by atoms with Gasteiger partial charge >= 0.3 is 0 Å². The van der Waals surface area contributed by atoms with Gasteiger partial charge in [0.15, 0.2) is 6.61 Å². The molecule has 0 spiro atoms. The fourth-order valence-corrected chi connectivity index (χ4v) is 4.69. The molecule has 0 aliphatic carbocycles. The van der Waals surface area contributed by atoms with E-state index in [1.807, 2.05) is 0 Å². The molecule has 2 aromatic rings. The van der Waals surface area contributed by atoms with Crippen LogP contribution in [-0.4, -0.2) is 56.6 Å². The van der Waals surface area contributed by atoms with E-state index in [9.17, 15) is 13.2 Å². The average Bonchev–Trinajstić information content (AvgIpc) is 2.74. The zero-order valence-corrected chi connectivity index (χ0v) is 17.1. The number of aliphatic hydroxyl groups excluding tert-OH is 1. The summed E-state index contributed by atoms with van der Waals surface area (Å²) in [6.45, 7) is 0.730. The minimum absolute atomic E-state index is 0.0737. The number of ether oxygens (including phenoxy) is 2. The van der Waals surface area contributed by atoms with Crippen LogP contribution in [0.3, 0.4) is 0 Å². The third-order valence-electron chi connectivity index (χ3n) is 4.25. The van der Waals surface area contributed by atoms with E-state index >= 15 is 0 Å². The Bertz CT molecular complexity index is 976. The maximum absolute atomic E-state index is 12.8. The maximum atomic E-state index is 12.8. The van der Waals surface area contributed by atoms with Gasteiger partial charge in [-0.15, -0.1) is 0 Å². The van der Waals surface area contributed by atoms with Crippen molar-refractivity contribution < 1.29 is 27.8 Å². The maximum Gasteiger partial charge on any atom is 0.262 e. The summed E-state index contributed by atoms with van der Waals surface area (Å²) in [5.74, 6) is -0.0187. The molecule has 156 valence electrons. The second-order valence-corrected chi connectivity index (χ2v) is 8.62. The predicted octanol–water partition coefficient (Wildman–Crippen LogP) is 1.87. The molecule has 29 heavy (non-hydrogen) atoms. The van der Waals surface area contributed by atoms with Crippen molar-refractivity contribution in [2.75, 3.05) is 38.2 Å². The lowest BCUT2D eigenvalue weighted by Gasteiger charge is -2.26. The van der Waals surface area contributed by atoms with Crippen molar-refractivity contribution in [3.05, 3.63) is 53.1 Å². The summed E-state index contributed by atoms with van der Waals surface area (Å²) in [6.07, 6.45) is 0. The van der Waals surface area contributed by atoms with Gasteiger partial charge in [-0.2, -0.15) is 4.31 Å². The van der Waals surface area contributed by atoms with Crippen molar-refractivity contribution in [3.63, 3.8) is 0 Å². The van der Waals surface area contributed by atoms with Crippen molar-refractivity contribution in [1.82, 2.24) is 4.31 Å². The van der Waals surface area contributed by atoms with Gasteiger partial charge in [0, 0.05) is 18.8 Å². The van der Waals surface area contributed by atoms with Crippen molar-refractivity contribution in [2.24, 2.45) is 0 Å². The van der Waals surface area contributed by atoms with Gasteiger partial charge in [0.05, 0.1) is 24.8 Å². The molecule has 1 amide bonds. The zero-order chi connectivity index (χ0) is 20.9. The predicted molar refractivity (Wildman–Crippen MR) is 108 cm³/mol. The Morgan fingerprint density at radius 1 is 1.21 bits per heavy atom. The Balaban J connectivity index is 1.68. The highest BCUT2D eigenvalue weighted by atomic mass is 35.5. The lowest BCUT2D eigenvalue weighted by molar-refractivity contribution is -0.118. The van der Waals surface area contributed by atoms with Crippen molar-refractivity contribution in [1.29, 1.82) is 0 Å². The third-order valence-corrected chi connectivity index (χ3v) is 6.63. The number of halogens is 1. The minimum atomic E-state index is -3.80. The molecule has 2 N–H and O–H groups in total. The normalized spacial score (nSPS) is 15.1. The van der Waals surface area contributed by atoms with Crippen LogP contribution in [-0.2, 0) is 26.2 Å². The number of hydrogen-bond donors (Lipinski definition) is 2. The Morgan fingerprint density at radius 3 is 2.69 bits per heavy atom. The number of hydrogen-bond acceptors (Lipinski definition) is 6. The molecule has 1 aliphatic rings. The van der Waals surface area contributed by atoms with E-state index in [2.05, 4.69) is 5.32 Å². The number of carbonyl (C=O) groups is 1. The van der Waals surface area contributed by atoms with Gasteiger partial charge in [0.25, 0.3) is 5.91 Å². The van der Waals surface area contributed by atoms with E-state index < -0.39 is 15.9 Å². The van der Waals surface area contributed by atoms with Crippen LogP contribution in [0.15, 0.2) is 47.4 Å². The lowest BCUT2D eigenvalue weighted by atomic mass is 10.2. The smallest absolute Gasteiger partial charge is 0.262 e. The van der Waals surface area contributed by atoms with Crippen LogP contribution in [0.1, 0.15) is 5.56 Å². The second kappa shape index (κ2) is 9.55. The molecule has 8 nitrogen and oxygen atoms in total. The lowest BCUT2D eigenvalue weighted by Crippen LogP contribution is -2.40. The first-order valence-corrected chi connectivity index (χ1v) is 10.7. The highest BCUT2D eigenvalue weighted by molar-refractivity contribution is 7.89. The molecule has 0 atom stereocenters. The highest BCUT2D eigenvalue weighted by Gasteiger charge is 2.28. The van der Waals surface area contributed by atoms with E-state index in [0.717, 1.165) is 0 Å². The molecule has 1 heterocycles. The number of nitrogens with zero attached hydrogens (tertiary/aromatic N) is 1. The van der Waals surface area contributed by atoms with Crippen LogP contribution in [0.4, 0.5) is 5.69 Å². The molecular formula is C19H21ClN2O6S. The summed E-state index contributed by atoms with van der Waals surface area (Å²) in [6, 6.07) is 11.0. The van der Waals surface area contributed by atoms with Crippen LogP contribution in [0.2, 0.25) is 5.02 Å². The van der Waals surface area contributed by atoms with Crippen LogP contribution in [0.25, 0.3) is 0 Å². The first-order valence-electron chi connectivity index (χ1n) is 8.90. The third kappa shape index (κ3) is 5.46. The summed E-state index contributed by atoms with van der Waals surface area (Å²) < 4.78 is 37.6. The SMILES string of the molecule is O=C(COc1cccc(CO)c1)Nc1ccc(Cl)c(S(=O)(=O)N2CCOCC2)c1. The van der Waals surface area contributed by atoms with Crippen molar-refractivity contribution >= 4 is 33.2 Å². The van der Waals surface area contributed by atoms with Crippen molar-refractivity contribution in [3.8, 4) is 5.75 Å². The molecule has 0 radical (unpaired) electrons. The monoisotopic (exact) mass is 440 g/mol. The zero-order valence-electron chi connectivity index (χ0n) is 15.5. The number of carbonyl (C=O) groups excluding carboxylic acids is 1. The van der Waals surface area contributed by atoms with Gasteiger partial charge in [-0.1, -0.05) is 23.7 Å². The Kier molecular flexibility index (Phi) is 7.09. The Hall–Kier alpha value is -2.17. The molecule has 1 saturated heterocycles. The topological polar surface area (TPSA) is 105 Å². The highest BCUT2D eigenvalue weighted by Crippen LogP contribution is 2.28. The first-order chi connectivity index (χ1) is 13.9. The number of amides is 1. The molecule has 0 unspecified atom stereocenters. The number of aliphatic hydroxyl groups is 1. The van der Waals surface area contributed by atoms with Gasteiger partial charge in [-0.05, 0) is 35.9 Å². The van der Waals surface area contributed by atoms with Crippen LogP contribution in [0, 0.1) is 0 Å². The second-order valence-electron chi connectivity index (χ2n) is 6.30. The van der Waals surface area contributed by atoms with E-state index in [-0.39, 0.29) is 36.2 Å². The van der Waals surface area contributed by atoms with Gasteiger partial charge in [0.1, 0.15) is 10.6 Å². The summed E-state index contributed by atoms with van der Waals surface area (Å²) >= 11 is 6.11. The van der Waals surface area contributed by atoms with Gasteiger partial charge in [0.2, 0.25) is 10.0 Å². The number of sulfonamides is 1. The Labute approximate surface area is 174 Å². The fraction of sp³-hybridized carbons (Fsp3) is 0.316. The quantitative estimate of drug-likeness (QED) is 0.681. The van der Waals surface area contributed by atoms with Crippen LogP contribution in [0.5, 0.6) is 5.75 Å². The standard InChI is InChI=1S/C19H21ClN2O6S/c20-17-5-4-15(11-18(17)29(25,26)22-6-8-27-9-7-22)21-19(24)13-28-16-3-1-2-14(10-16)12-23/h1-5,10-11,23H,6-9,12-13H2,(H,21,24). The molecule has 0 saturated carbocycles. The molecule has 1 fully saturated rings. The first kappa shape index (κ1) is 21.5. The number of nitrogens with one attached hydrogen (secondary N) is 1. The Morgan fingerprint density at radius 2 is 1.97 bits per heavy atom. The van der Waals surface area contributed by atoms with Gasteiger partial charge in [-0.3, -0.25) is 4.79 Å². The number of rotatable bonds is 7. The molecule has 1 aliphatic heterocycles. The van der Waals surface area contributed by atoms with E-state index in [1.165, 1.54) is 22.5 Å². The summed E-state index contributed by atoms with van der Waals surface area (Å²) in [7, 11) is -3.80. The largest absolute Gasteiger partial charge is 0.484 e. The number of anilines is 1. The van der Waals surface area contributed by atoms with E-state index in [0.29, 0.717) is 30.2 Å². The molecule has 0 bridgehead atoms. The molecule has 2 aromatic carbocycles. The summed E-state index contributed by atoms with van der Waals surface area (Å²) in [4.78, 5) is 12.1. The average molecular weight is 441 g/mol. The minimum Gasteiger partial charge on any atom is -0.484 e. The number of morpholine rings is 1. The summed E-state index contributed by atoms with van der Waals surface area (Å²) in [5.41, 5.74) is 0.956. The molecule has 10 heteroatoms. The van der Waals surface area contributed by atoms with Gasteiger partial charge < -0.3 is 19.9 Å². The van der Waals surface area contributed by atoms with E-state index in [1.54, 1.807) is 24.3 Å². The van der Waals surface area contributed by atoms with Gasteiger partial charge in [-0.25, -0.2) is 8.42 Å². The summed E-state index contributed by atoms with van der Waals surface area (Å²) in [5, 5.41) is 11.8. The van der Waals surface area contributed by atoms with Crippen molar-refractivity contribution in [2.45, 2.75) is 11.5 Å².